The third-order valence-corrected chi connectivity index (χ3v) is 3.56. The van der Waals surface area contributed by atoms with Crippen molar-refractivity contribution in [3.8, 4) is 0 Å². The van der Waals surface area contributed by atoms with Gasteiger partial charge in [-0.25, -0.2) is 4.39 Å². The molecule has 1 heterocycles. The zero-order valence-electron chi connectivity index (χ0n) is 11.6. The van der Waals surface area contributed by atoms with Crippen LogP contribution in [0.25, 0.3) is 0 Å². The number of nitrogens with two attached hydrogens (primary N) is 1. The van der Waals surface area contributed by atoms with Crippen molar-refractivity contribution in [2.75, 3.05) is 32.7 Å². The minimum atomic E-state index is -0.837. The van der Waals surface area contributed by atoms with Gasteiger partial charge in [0.25, 0.3) is 0 Å². The summed E-state index contributed by atoms with van der Waals surface area (Å²) in [5.74, 6) is -1.93. The van der Waals surface area contributed by atoms with Crippen LogP contribution in [0.3, 0.4) is 0 Å². The van der Waals surface area contributed by atoms with Gasteiger partial charge < -0.3 is 10.8 Å². The summed E-state index contributed by atoms with van der Waals surface area (Å²) in [6, 6.07) is 4.23. The first kappa shape index (κ1) is 15.4. The summed E-state index contributed by atoms with van der Waals surface area (Å²) in [6.45, 7) is 3.14. The maximum absolute atomic E-state index is 13.9. The maximum atomic E-state index is 13.9. The highest BCUT2D eigenvalue weighted by molar-refractivity contribution is 5.92. The highest BCUT2D eigenvalue weighted by Gasteiger charge is 2.19. The van der Waals surface area contributed by atoms with Crippen LogP contribution < -0.4 is 5.73 Å². The Labute approximate surface area is 121 Å². The van der Waals surface area contributed by atoms with Crippen LogP contribution in [0.15, 0.2) is 18.2 Å². The molecule has 0 spiro atoms. The molecule has 0 saturated carbocycles. The van der Waals surface area contributed by atoms with Crippen molar-refractivity contribution in [1.82, 2.24) is 9.80 Å². The molecule has 3 N–H and O–H groups in total. The number of carbonyl (C=O) groups is 2. The molecular formula is C14H18FN3O3. The summed E-state index contributed by atoms with van der Waals surface area (Å²) >= 11 is 0. The van der Waals surface area contributed by atoms with Crippen LogP contribution in [0.4, 0.5) is 4.39 Å². The SMILES string of the molecule is NC(=O)c1ccc(CN2CCN(CC(=O)O)CC2)c(F)c1. The molecule has 1 aromatic carbocycles. The van der Waals surface area contributed by atoms with Crippen molar-refractivity contribution in [3.63, 3.8) is 0 Å². The number of rotatable bonds is 5. The number of nitrogens with zero attached hydrogens (tertiary/aromatic N) is 2. The first-order valence-electron chi connectivity index (χ1n) is 6.70. The molecule has 0 atom stereocenters. The van der Waals surface area contributed by atoms with E-state index >= 15 is 0 Å². The summed E-state index contributed by atoms with van der Waals surface area (Å²) < 4.78 is 13.9. The summed E-state index contributed by atoms with van der Waals surface area (Å²) in [6.07, 6.45) is 0. The van der Waals surface area contributed by atoms with Crippen LogP contribution in [0, 0.1) is 5.82 Å². The lowest BCUT2D eigenvalue weighted by molar-refractivity contribution is -0.138. The number of aliphatic carboxylic acids is 1. The van der Waals surface area contributed by atoms with Gasteiger partial charge in [-0.15, -0.1) is 0 Å². The fraction of sp³-hybridized carbons (Fsp3) is 0.429. The van der Waals surface area contributed by atoms with Crippen molar-refractivity contribution < 1.29 is 19.1 Å². The summed E-state index contributed by atoms with van der Waals surface area (Å²) in [5, 5.41) is 8.73. The fourth-order valence-corrected chi connectivity index (χ4v) is 2.37. The Morgan fingerprint density at radius 2 is 1.81 bits per heavy atom. The lowest BCUT2D eigenvalue weighted by atomic mass is 10.1. The summed E-state index contributed by atoms with van der Waals surface area (Å²) in [5.41, 5.74) is 5.76. The second kappa shape index (κ2) is 6.64. The number of benzene rings is 1. The first-order chi connectivity index (χ1) is 9.95. The van der Waals surface area contributed by atoms with Gasteiger partial charge in [-0.1, -0.05) is 6.07 Å². The second-order valence-corrected chi connectivity index (χ2v) is 5.12. The zero-order valence-corrected chi connectivity index (χ0v) is 11.6. The van der Waals surface area contributed by atoms with Gasteiger partial charge >= 0.3 is 5.97 Å². The minimum Gasteiger partial charge on any atom is -0.480 e. The zero-order chi connectivity index (χ0) is 15.4. The number of hydrogen-bond acceptors (Lipinski definition) is 4. The van der Waals surface area contributed by atoms with E-state index in [-0.39, 0.29) is 12.1 Å². The van der Waals surface area contributed by atoms with Gasteiger partial charge in [0.2, 0.25) is 5.91 Å². The van der Waals surface area contributed by atoms with E-state index in [0.717, 1.165) is 6.07 Å². The predicted molar refractivity (Wildman–Crippen MR) is 74.3 cm³/mol. The number of carboxylic acids is 1. The van der Waals surface area contributed by atoms with Crippen LogP contribution in [-0.2, 0) is 11.3 Å². The smallest absolute Gasteiger partial charge is 0.317 e. The minimum absolute atomic E-state index is 0.0372. The second-order valence-electron chi connectivity index (χ2n) is 5.12. The highest BCUT2D eigenvalue weighted by atomic mass is 19.1. The Morgan fingerprint density at radius 1 is 1.19 bits per heavy atom. The molecule has 0 unspecified atom stereocenters. The average Bonchev–Trinajstić information content (AvgIpc) is 2.42. The van der Waals surface area contributed by atoms with E-state index < -0.39 is 17.7 Å². The molecule has 1 fully saturated rings. The van der Waals surface area contributed by atoms with Crippen molar-refractivity contribution >= 4 is 11.9 Å². The first-order valence-corrected chi connectivity index (χ1v) is 6.70. The number of primary amides is 1. The standard InChI is InChI=1S/C14H18FN3O3/c15-12-7-10(14(16)21)1-2-11(12)8-17-3-5-18(6-4-17)9-13(19)20/h1-2,7H,3-6,8-9H2,(H2,16,21)(H,19,20). The number of carboxylic acid groups (broad SMARTS) is 1. The van der Waals surface area contributed by atoms with Crippen LogP contribution in [-0.4, -0.2) is 59.5 Å². The molecule has 1 saturated heterocycles. The van der Waals surface area contributed by atoms with Gasteiger partial charge in [-0.05, 0) is 12.1 Å². The van der Waals surface area contributed by atoms with E-state index in [2.05, 4.69) is 4.90 Å². The van der Waals surface area contributed by atoms with Gasteiger partial charge in [0.15, 0.2) is 0 Å². The number of piperazine rings is 1. The molecule has 0 bridgehead atoms. The van der Waals surface area contributed by atoms with Gasteiger partial charge in [0.05, 0.1) is 6.54 Å². The Bertz CT molecular complexity index is 542. The lowest BCUT2D eigenvalue weighted by Crippen LogP contribution is -2.47. The Kier molecular flexibility index (Phi) is 4.87. The number of carbonyl (C=O) groups excluding carboxylic acids is 1. The molecule has 1 aliphatic heterocycles. The molecule has 0 aliphatic carbocycles. The molecule has 114 valence electrons. The third kappa shape index (κ3) is 4.24. The normalized spacial score (nSPS) is 16.8. The number of amides is 1. The van der Waals surface area contributed by atoms with E-state index in [0.29, 0.717) is 38.3 Å². The van der Waals surface area contributed by atoms with Crippen molar-refractivity contribution in [2.45, 2.75) is 6.54 Å². The monoisotopic (exact) mass is 295 g/mol. The van der Waals surface area contributed by atoms with E-state index in [1.165, 1.54) is 6.07 Å². The van der Waals surface area contributed by atoms with E-state index in [1.807, 2.05) is 4.90 Å². The maximum Gasteiger partial charge on any atom is 0.317 e. The van der Waals surface area contributed by atoms with E-state index in [4.69, 9.17) is 10.8 Å². The topological polar surface area (TPSA) is 86.9 Å². The van der Waals surface area contributed by atoms with Gasteiger partial charge in [-0.3, -0.25) is 19.4 Å². The molecule has 1 amide bonds. The quantitative estimate of drug-likeness (QED) is 0.806. The van der Waals surface area contributed by atoms with E-state index in [9.17, 15) is 14.0 Å². The number of hydrogen-bond donors (Lipinski definition) is 2. The van der Waals surface area contributed by atoms with Crippen molar-refractivity contribution in [2.24, 2.45) is 5.73 Å². The molecular weight excluding hydrogens is 277 g/mol. The lowest BCUT2D eigenvalue weighted by Gasteiger charge is -2.33. The average molecular weight is 295 g/mol. The number of halogens is 1. The molecule has 0 radical (unpaired) electrons. The Hall–Kier alpha value is -1.99. The van der Waals surface area contributed by atoms with Crippen LogP contribution in [0.1, 0.15) is 15.9 Å². The van der Waals surface area contributed by atoms with Crippen molar-refractivity contribution in [1.29, 1.82) is 0 Å². The van der Waals surface area contributed by atoms with Gasteiger partial charge in [0.1, 0.15) is 5.82 Å². The highest BCUT2D eigenvalue weighted by Crippen LogP contribution is 2.14. The Morgan fingerprint density at radius 3 is 2.33 bits per heavy atom. The Balaban J connectivity index is 1.91. The van der Waals surface area contributed by atoms with Crippen molar-refractivity contribution in [3.05, 3.63) is 35.1 Å². The molecule has 21 heavy (non-hydrogen) atoms. The van der Waals surface area contributed by atoms with Crippen LogP contribution in [0.5, 0.6) is 0 Å². The third-order valence-electron chi connectivity index (χ3n) is 3.56. The van der Waals surface area contributed by atoms with Crippen LogP contribution in [0.2, 0.25) is 0 Å². The fourth-order valence-electron chi connectivity index (χ4n) is 2.37. The molecule has 2 rings (SSSR count). The molecule has 1 aromatic rings. The molecule has 1 aliphatic rings. The summed E-state index contributed by atoms with van der Waals surface area (Å²) in [4.78, 5) is 25.5. The molecule has 6 nitrogen and oxygen atoms in total. The summed E-state index contributed by atoms with van der Waals surface area (Å²) in [7, 11) is 0. The van der Waals surface area contributed by atoms with E-state index in [1.54, 1.807) is 6.07 Å². The predicted octanol–water partition coefficient (Wildman–Crippen LogP) is 0.127. The largest absolute Gasteiger partial charge is 0.480 e. The molecule has 0 aromatic heterocycles. The van der Waals surface area contributed by atoms with Crippen LogP contribution >= 0.6 is 0 Å². The molecule has 7 heteroatoms. The van der Waals surface area contributed by atoms with Gasteiger partial charge in [-0.2, -0.15) is 0 Å². The van der Waals surface area contributed by atoms with Gasteiger partial charge in [0, 0.05) is 43.9 Å².